The van der Waals surface area contributed by atoms with Crippen LogP contribution in [-0.2, 0) is 0 Å². The molecule has 0 radical (unpaired) electrons. The van der Waals surface area contributed by atoms with E-state index in [2.05, 4.69) is 5.32 Å². The van der Waals surface area contributed by atoms with Gasteiger partial charge < -0.3 is 15.5 Å². The molecule has 1 saturated carbocycles. The van der Waals surface area contributed by atoms with Crippen molar-refractivity contribution >= 4 is 0 Å². The summed E-state index contributed by atoms with van der Waals surface area (Å²) in [5.74, 6) is 0. The fourth-order valence-corrected chi connectivity index (χ4v) is 1.44. The van der Waals surface area contributed by atoms with Gasteiger partial charge in [0, 0.05) is 13.2 Å². The molecule has 1 fully saturated rings. The molecule has 0 spiro atoms. The number of hydrogen-bond donors (Lipinski definition) is 3. The quantitative estimate of drug-likeness (QED) is 0.505. The van der Waals surface area contributed by atoms with Gasteiger partial charge in [0.25, 0.3) is 0 Å². The molecule has 12 heavy (non-hydrogen) atoms. The van der Waals surface area contributed by atoms with E-state index >= 15 is 0 Å². The first-order valence-electron chi connectivity index (χ1n) is 4.81. The van der Waals surface area contributed by atoms with Gasteiger partial charge in [-0.05, 0) is 38.6 Å². The average molecular weight is 173 g/mol. The lowest BCUT2D eigenvalue weighted by Gasteiger charge is -2.36. The van der Waals surface area contributed by atoms with Crippen LogP contribution in [0.4, 0.5) is 0 Å². The molecule has 0 aromatic rings. The van der Waals surface area contributed by atoms with E-state index in [9.17, 15) is 5.11 Å². The monoisotopic (exact) mass is 173 g/mol. The second-order valence-electron chi connectivity index (χ2n) is 3.69. The molecule has 1 aliphatic carbocycles. The predicted molar refractivity (Wildman–Crippen MR) is 48.0 cm³/mol. The number of hydrogen-bond acceptors (Lipinski definition) is 3. The molecule has 0 atom stereocenters. The molecule has 0 heterocycles. The van der Waals surface area contributed by atoms with Crippen LogP contribution < -0.4 is 5.32 Å². The smallest absolute Gasteiger partial charge is 0.0771 e. The maximum Gasteiger partial charge on any atom is 0.0771 e. The van der Waals surface area contributed by atoms with Gasteiger partial charge in [-0.1, -0.05) is 0 Å². The molecule has 3 nitrogen and oxygen atoms in total. The highest BCUT2D eigenvalue weighted by molar-refractivity contribution is 4.89. The van der Waals surface area contributed by atoms with Gasteiger partial charge in [-0.3, -0.25) is 0 Å². The van der Waals surface area contributed by atoms with E-state index < -0.39 is 5.60 Å². The van der Waals surface area contributed by atoms with Crippen LogP contribution in [0.2, 0.25) is 0 Å². The lowest BCUT2D eigenvalue weighted by Crippen LogP contribution is -2.46. The van der Waals surface area contributed by atoms with Crippen molar-refractivity contribution in [2.75, 3.05) is 19.7 Å². The molecular formula is C9H19NO2. The fraction of sp³-hybridized carbons (Fsp3) is 1.00. The van der Waals surface area contributed by atoms with Gasteiger partial charge in [-0.15, -0.1) is 0 Å². The highest BCUT2D eigenvalue weighted by atomic mass is 16.3. The molecule has 0 bridgehead atoms. The predicted octanol–water partition coefficient (Wildman–Crippen LogP) is 0.263. The largest absolute Gasteiger partial charge is 0.396 e. The van der Waals surface area contributed by atoms with E-state index in [1.165, 1.54) is 0 Å². The second-order valence-corrected chi connectivity index (χ2v) is 3.69. The molecule has 0 unspecified atom stereocenters. The molecule has 3 N–H and O–H groups in total. The zero-order chi connectivity index (χ0) is 8.86. The third-order valence-electron chi connectivity index (χ3n) is 2.50. The van der Waals surface area contributed by atoms with Crippen molar-refractivity contribution in [1.82, 2.24) is 5.32 Å². The van der Waals surface area contributed by atoms with Gasteiger partial charge >= 0.3 is 0 Å². The van der Waals surface area contributed by atoms with Gasteiger partial charge in [0.2, 0.25) is 0 Å². The first-order valence-corrected chi connectivity index (χ1v) is 4.81. The number of aliphatic hydroxyl groups excluding tert-OH is 1. The van der Waals surface area contributed by atoms with E-state index in [0.717, 1.165) is 45.2 Å². The number of aliphatic hydroxyl groups is 2. The van der Waals surface area contributed by atoms with Crippen molar-refractivity contribution in [3.05, 3.63) is 0 Å². The van der Waals surface area contributed by atoms with Crippen LogP contribution in [-0.4, -0.2) is 35.5 Å². The highest BCUT2D eigenvalue weighted by Crippen LogP contribution is 2.30. The molecule has 72 valence electrons. The second kappa shape index (κ2) is 4.80. The first-order chi connectivity index (χ1) is 5.77. The van der Waals surface area contributed by atoms with Gasteiger partial charge in [-0.25, -0.2) is 0 Å². The zero-order valence-electron chi connectivity index (χ0n) is 7.55. The van der Waals surface area contributed by atoms with Crippen LogP contribution in [0.5, 0.6) is 0 Å². The standard InChI is InChI=1S/C9H19NO2/c11-7-2-1-6-10-8-9(12)4-3-5-9/h10-12H,1-8H2. The van der Waals surface area contributed by atoms with Crippen LogP contribution in [0.3, 0.4) is 0 Å². The maximum atomic E-state index is 9.65. The first kappa shape index (κ1) is 9.96. The van der Waals surface area contributed by atoms with Gasteiger partial charge in [0.1, 0.15) is 0 Å². The Bertz CT molecular complexity index is 124. The van der Waals surface area contributed by atoms with Crippen LogP contribution in [0.25, 0.3) is 0 Å². The summed E-state index contributed by atoms with van der Waals surface area (Å²) in [6.07, 6.45) is 4.90. The van der Waals surface area contributed by atoms with E-state index in [0.29, 0.717) is 0 Å². The summed E-state index contributed by atoms with van der Waals surface area (Å²) in [6.45, 7) is 1.90. The Morgan fingerprint density at radius 1 is 1.25 bits per heavy atom. The minimum absolute atomic E-state index is 0.270. The van der Waals surface area contributed by atoms with Crippen molar-refractivity contribution in [2.24, 2.45) is 0 Å². The summed E-state index contributed by atoms with van der Waals surface area (Å²) >= 11 is 0. The minimum Gasteiger partial charge on any atom is -0.396 e. The van der Waals surface area contributed by atoms with Crippen molar-refractivity contribution in [3.63, 3.8) is 0 Å². The van der Waals surface area contributed by atoms with Gasteiger partial charge in [0.15, 0.2) is 0 Å². The van der Waals surface area contributed by atoms with Crippen LogP contribution in [0, 0.1) is 0 Å². The minimum atomic E-state index is -0.404. The lowest BCUT2D eigenvalue weighted by molar-refractivity contribution is -0.0311. The lowest BCUT2D eigenvalue weighted by atomic mass is 9.80. The molecule has 0 amide bonds. The molecule has 3 heteroatoms. The maximum absolute atomic E-state index is 9.65. The van der Waals surface area contributed by atoms with Crippen molar-refractivity contribution in [2.45, 2.75) is 37.7 Å². The van der Waals surface area contributed by atoms with Crippen molar-refractivity contribution < 1.29 is 10.2 Å². The van der Waals surface area contributed by atoms with E-state index in [-0.39, 0.29) is 6.61 Å². The normalized spacial score (nSPS) is 20.5. The van der Waals surface area contributed by atoms with Gasteiger partial charge in [-0.2, -0.15) is 0 Å². The van der Waals surface area contributed by atoms with Crippen LogP contribution in [0.1, 0.15) is 32.1 Å². The third-order valence-corrected chi connectivity index (χ3v) is 2.50. The molecule has 0 aromatic heterocycles. The number of unbranched alkanes of at least 4 members (excludes halogenated alkanes) is 1. The molecule has 1 rings (SSSR count). The molecular weight excluding hydrogens is 154 g/mol. The third kappa shape index (κ3) is 3.09. The van der Waals surface area contributed by atoms with E-state index in [1.807, 2.05) is 0 Å². The van der Waals surface area contributed by atoms with Crippen molar-refractivity contribution in [3.8, 4) is 0 Å². The summed E-state index contributed by atoms with van der Waals surface area (Å²) in [5.41, 5.74) is -0.404. The summed E-state index contributed by atoms with van der Waals surface area (Å²) in [5, 5.41) is 21.4. The Kier molecular flexibility index (Phi) is 3.98. The highest BCUT2D eigenvalue weighted by Gasteiger charge is 2.33. The summed E-state index contributed by atoms with van der Waals surface area (Å²) in [4.78, 5) is 0. The molecule has 0 saturated heterocycles. The van der Waals surface area contributed by atoms with Crippen LogP contribution in [0.15, 0.2) is 0 Å². The van der Waals surface area contributed by atoms with E-state index in [1.54, 1.807) is 0 Å². The molecule has 0 aromatic carbocycles. The fourth-order valence-electron chi connectivity index (χ4n) is 1.44. The van der Waals surface area contributed by atoms with Crippen LogP contribution >= 0.6 is 0 Å². The summed E-state index contributed by atoms with van der Waals surface area (Å²) < 4.78 is 0. The van der Waals surface area contributed by atoms with Crippen molar-refractivity contribution in [1.29, 1.82) is 0 Å². The number of nitrogens with one attached hydrogen (secondary N) is 1. The zero-order valence-corrected chi connectivity index (χ0v) is 7.55. The summed E-state index contributed by atoms with van der Waals surface area (Å²) in [7, 11) is 0. The molecule has 1 aliphatic rings. The number of rotatable bonds is 6. The topological polar surface area (TPSA) is 52.5 Å². The van der Waals surface area contributed by atoms with E-state index in [4.69, 9.17) is 5.11 Å². The average Bonchev–Trinajstić information content (AvgIpc) is 2.01. The Morgan fingerprint density at radius 2 is 2.00 bits per heavy atom. The Labute approximate surface area is 73.8 Å². The Morgan fingerprint density at radius 3 is 2.50 bits per heavy atom. The SMILES string of the molecule is OCCCCNCC1(O)CCC1. The molecule has 0 aliphatic heterocycles. The van der Waals surface area contributed by atoms with Gasteiger partial charge in [0.05, 0.1) is 5.60 Å². The Hall–Kier alpha value is -0.120. The Balaban J connectivity index is 1.88. The summed E-state index contributed by atoms with van der Waals surface area (Å²) in [6, 6.07) is 0.